The van der Waals surface area contributed by atoms with Crippen molar-refractivity contribution in [2.24, 2.45) is 0 Å². The van der Waals surface area contributed by atoms with Gasteiger partial charge in [0.05, 0.1) is 12.6 Å². The summed E-state index contributed by atoms with van der Waals surface area (Å²) in [5.41, 5.74) is 2.02. The fourth-order valence-electron chi connectivity index (χ4n) is 2.32. The highest BCUT2D eigenvalue weighted by atomic mass is 16.5. The van der Waals surface area contributed by atoms with Crippen LogP contribution in [0, 0.1) is 5.41 Å². The molecule has 3 nitrogen and oxygen atoms in total. The predicted molar refractivity (Wildman–Crippen MR) is 91.3 cm³/mol. The summed E-state index contributed by atoms with van der Waals surface area (Å²) in [4.78, 5) is 0. The molecule has 0 aliphatic heterocycles. The van der Waals surface area contributed by atoms with E-state index in [1.807, 2.05) is 57.2 Å². The van der Waals surface area contributed by atoms with Crippen LogP contribution in [0.25, 0.3) is 0 Å². The Morgan fingerprint density at radius 3 is 1.82 bits per heavy atom. The molecule has 0 bridgehead atoms. The summed E-state index contributed by atoms with van der Waals surface area (Å²) < 4.78 is 5.58. The molecule has 0 radical (unpaired) electrons. The Labute approximate surface area is 132 Å². The van der Waals surface area contributed by atoms with Crippen molar-refractivity contribution in [1.82, 2.24) is 5.32 Å². The fourth-order valence-corrected chi connectivity index (χ4v) is 2.32. The summed E-state index contributed by atoms with van der Waals surface area (Å²) in [5, 5.41) is 11.4. The van der Waals surface area contributed by atoms with Gasteiger partial charge in [0.15, 0.2) is 5.90 Å². The minimum absolute atomic E-state index is 0.0475. The van der Waals surface area contributed by atoms with E-state index < -0.39 is 0 Å². The number of hydrogen-bond donors (Lipinski definition) is 2. The largest absolute Gasteiger partial charge is 0.474 e. The molecule has 2 aromatic carbocycles. The van der Waals surface area contributed by atoms with Crippen LogP contribution in [0.1, 0.15) is 37.9 Å². The Morgan fingerprint density at radius 2 is 1.41 bits per heavy atom. The quantitative estimate of drug-likeness (QED) is 0.643. The van der Waals surface area contributed by atoms with E-state index in [2.05, 4.69) is 29.6 Å². The lowest BCUT2D eigenvalue weighted by Gasteiger charge is -2.24. The topological polar surface area (TPSA) is 45.1 Å². The van der Waals surface area contributed by atoms with Gasteiger partial charge in [0.2, 0.25) is 0 Å². The van der Waals surface area contributed by atoms with Crippen molar-refractivity contribution in [2.45, 2.75) is 32.4 Å². The average molecular weight is 296 g/mol. The van der Waals surface area contributed by atoms with E-state index in [-0.39, 0.29) is 17.5 Å². The number of benzene rings is 2. The van der Waals surface area contributed by atoms with Crippen LogP contribution in [0.4, 0.5) is 0 Å². The van der Waals surface area contributed by atoms with E-state index in [1.165, 1.54) is 11.1 Å². The molecule has 0 amide bonds. The van der Waals surface area contributed by atoms with Crippen molar-refractivity contribution < 1.29 is 4.74 Å². The lowest BCUT2D eigenvalue weighted by atomic mass is 9.99. The highest BCUT2D eigenvalue weighted by molar-refractivity contribution is 5.75. The summed E-state index contributed by atoms with van der Waals surface area (Å²) in [6.45, 7) is 6.25. The van der Waals surface area contributed by atoms with Gasteiger partial charge in [-0.25, -0.2) is 0 Å². The first kappa shape index (κ1) is 16.2. The van der Waals surface area contributed by atoms with Gasteiger partial charge in [-0.15, -0.1) is 0 Å². The smallest absolute Gasteiger partial charge is 0.195 e. The monoisotopic (exact) mass is 296 g/mol. The van der Waals surface area contributed by atoms with E-state index in [0.717, 1.165) is 0 Å². The molecule has 0 saturated carbocycles. The molecule has 116 valence electrons. The maximum absolute atomic E-state index is 7.98. The predicted octanol–water partition coefficient (Wildman–Crippen LogP) is 4.16. The molecule has 0 saturated heterocycles. The fraction of sp³-hybridized carbons (Fsp3) is 0.316. The molecule has 0 spiro atoms. The van der Waals surface area contributed by atoms with E-state index >= 15 is 0 Å². The molecule has 0 unspecified atom stereocenters. The van der Waals surface area contributed by atoms with Crippen molar-refractivity contribution in [3.05, 3.63) is 71.8 Å². The molecule has 0 aliphatic carbocycles. The summed E-state index contributed by atoms with van der Waals surface area (Å²) in [7, 11) is 0. The van der Waals surface area contributed by atoms with Gasteiger partial charge in [-0.1, -0.05) is 60.7 Å². The van der Waals surface area contributed by atoms with Crippen LogP contribution in [-0.2, 0) is 4.74 Å². The third kappa shape index (κ3) is 5.01. The van der Waals surface area contributed by atoms with E-state index in [1.54, 1.807) is 0 Å². The van der Waals surface area contributed by atoms with Gasteiger partial charge in [0.25, 0.3) is 0 Å². The Bertz CT molecular complexity index is 548. The molecule has 0 aliphatic rings. The number of ether oxygens (including phenoxy) is 1. The van der Waals surface area contributed by atoms with Crippen LogP contribution in [0.3, 0.4) is 0 Å². The zero-order valence-electron chi connectivity index (χ0n) is 13.5. The molecule has 0 atom stereocenters. The Hall–Kier alpha value is -2.13. The van der Waals surface area contributed by atoms with Crippen molar-refractivity contribution >= 4 is 5.90 Å². The Kier molecular flexibility index (Phi) is 5.34. The van der Waals surface area contributed by atoms with Gasteiger partial charge in [0, 0.05) is 0 Å². The highest BCUT2D eigenvalue weighted by Crippen LogP contribution is 2.21. The SMILES string of the molecule is CC(C)(C)OC(=N)CNC(c1ccccc1)c1ccccc1. The van der Waals surface area contributed by atoms with E-state index in [4.69, 9.17) is 10.1 Å². The highest BCUT2D eigenvalue weighted by Gasteiger charge is 2.17. The van der Waals surface area contributed by atoms with Crippen LogP contribution in [0.2, 0.25) is 0 Å². The number of nitrogens with one attached hydrogen (secondary N) is 2. The second kappa shape index (κ2) is 7.23. The Morgan fingerprint density at radius 1 is 0.955 bits per heavy atom. The van der Waals surface area contributed by atoms with Gasteiger partial charge >= 0.3 is 0 Å². The molecule has 2 rings (SSSR count). The normalized spacial score (nSPS) is 11.5. The zero-order chi connectivity index (χ0) is 16.0. The zero-order valence-corrected chi connectivity index (χ0v) is 13.5. The lowest BCUT2D eigenvalue weighted by Crippen LogP contribution is -2.33. The molecule has 0 fully saturated rings. The second-order valence-electron chi connectivity index (χ2n) is 6.27. The average Bonchev–Trinajstić information content (AvgIpc) is 2.48. The van der Waals surface area contributed by atoms with Crippen LogP contribution in [-0.4, -0.2) is 18.0 Å². The van der Waals surface area contributed by atoms with E-state index in [9.17, 15) is 0 Å². The summed E-state index contributed by atoms with van der Waals surface area (Å²) in [6.07, 6.45) is 0. The minimum atomic E-state index is -0.340. The minimum Gasteiger partial charge on any atom is -0.474 e. The molecular formula is C19H24N2O. The maximum Gasteiger partial charge on any atom is 0.195 e. The van der Waals surface area contributed by atoms with E-state index in [0.29, 0.717) is 6.54 Å². The summed E-state index contributed by atoms with van der Waals surface area (Å²) in [6, 6.07) is 20.6. The van der Waals surface area contributed by atoms with Crippen molar-refractivity contribution in [2.75, 3.05) is 6.54 Å². The standard InChI is InChI=1S/C19H24N2O/c1-19(2,3)22-17(20)14-21-18(15-10-6-4-7-11-15)16-12-8-5-9-13-16/h4-13,18,20-21H,14H2,1-3H3. The summed E-state index contributed by atoms with van der Waals surface area (Å²) >= 11 is 0. The number of hydrogen-bond acceptors (Lipinski definition) is 3. The maximum atomic E-state index is 7.98. The summed E-state index contributed by atoms with van der Waals surface area (Å²) in [5.74, 6) is 0.254. The van der Waals surface area contributed by atoms with Crippen molar-refractivity contribution in [1.29, 1.82) is 5.41 Å². The van der Waals surface area contributed by atoms with Crippen LogP contribution in [0.5, 0.6) is 0 Å². The van der Waals surface area contributed by atoms with Crippen LogP contribution >= 0.6 is 0 Å². The molecule has 3 heteroatoms. The molecule has 0 heterocycles. The third-order valence-electron chi connectivity index (χ3n) is 3.16. The van der Waals surface area contributed by atoms with Gasteiger partial charge in [-0.3, -0.25) is 10.7 Å². The Balaban J connectivity index is 2.11. The molecule has 22 heavy (non-hydrogen) atoms. The first-order chi connectivity index (χ1) is 10.5. The van der Waals surface area contributed by atoms with Crippen LogP contribution < -0.4 is 5.32 Å². The second-order valence-corrected chi connectivity index (χ2v) is 6.27. The lowest BCUT2D eigenvalue weighted by molar-refractivity contribution is 0.111. The van der Waals surface area contributed by atoms with Crippen molar-refractivity contribution in [3.8, 4) is 0 Å². The van der Waals surface area contributed by atoms with Crippen molar-refractivity contribution in [3.63, 3.8) is 0 Å². The van der Waals surface area contributed by atoms with Gasteiger partial charge in [-0.2, -0.15) is 0 Å². The first-order valence-corrected chi connectivity index (χ1v) is 7.55. The van der Waals surface area contributed by atoms with Gasteiger partial charge in [-0.05, 0) is 31.9 Å². The molecular weight excluding hydrogens is 272 g/mol. The molecule has 2 N–H and O–H groups in total. The molecule has 0 aromatic heterocycles. The van der Waals surface area contributed by atoms with Crippen LogP contribution in [0.15, 0.2) is 60.7 Å². The first-order valence-electron chi connectivity index (χ1n) is 7.55. The number of rotatable bonds is 5. The van der Waals surface area contributed by atoms with Gasteiger partial charge in [0.1, 0.15) is 5.60 Å². The molecule has 2 aromatic rings. The third-order valence-corrected chi connectivity index (χ3v) is 3.16. The van der Waals surface area contributed by atoms with Gasteiger partial charge < -0.3 is 4.74 Å².